The van der Waals surface area contributed by atoms with Crippen LogP contribution in [0.2, 0.25) is 0 Å². The van der Waals surface area contributed by atoms with Crippen molar-refractivity contribution in [2.45, 2.75) is 0 Å². The summed E-state index contributed by atoms with van der Waals surface area (Å²) in [7, 11) is 0. The number of hydrogen-bond donors (Lipinski definition) is 3. The van der Waals surface area contributed by atoms with Crippen molar-refractivity contribution in [1.82, 2.24) is 19.9 Å². The van der Waals surface area contributed by atoms with Gasteiger partial charge in [0.2, 0.25) is 0 Å². The number of hydrogen-bond acceptors (Lipinski definition) is 5. The number of fused-ring (bicyclic) bond motifs is 2. The zero-order chi connectivity index (χ0) is 15.4. The minimum absolute atomic E-state index is 0.00190. The van der Waals surface area contributed by atoms with Crippen molar-refractivity contribution in [2.75, 3.05) is 5.73 Å². The van der Waals surface area contributed by atoms with E-state index in [1.165, 1.54) is 10.9 Å². The highest BCUT2D eigenvalue weighted by molar-refractivity contribution is 6.23. The van der Waals surface area contributed by atoms with Gasteiger partial charge in [0.15, 0.2) is 0 Å². The SMILES string of the molecule is Nc1c2c(cc(=O)n1-c1cccc3[nH]cnc13)C(=O)NC2=O. The number of para-hydroxylation sites is 1. The summed E-state index contributed by atoms with van der Waals surface area (Å²) in [4.78, 5) is 43.0. The topological polar surface area (TPSA) is 123 Å². The molecule has 0 atom stereocenters. The molecule has 2 amide bonds. The summed E-state index contributed by atoms with van der Waals surface area (Å²) in [6.45, 7) is 0. The number of rotatable bonds is 1. The Morgan fingerprint density at radius 1 is 1.14 bits per heavy atom. The van der Waals surface area contributed by atoms with E-state index in [-0.39, 0.29) is 16.9 Å². The van der Waals surface area contributed by atoms with E-state index in [9.17, 15) is 14.4 Å². The Labute approximate surface area is 122 Å². The fourth-order valence-corrected chi connectivity index (χ4v) is 2.66. The Hall–Kier alpha value is -3.42. The number of carbonyl (C=O) groups is 2. The summed E-state index contributed by atoms with van der Waals surface area (Å²) >= 11 is 0. The number of nitrogens with two attached hydrogens (primary N) is 1. The van der Waals surface area contributed by atoms with Crippen LogP contribution in [0.1, 0.15) is 20.7 Å². The number of nitrogens with one attached hydrogen (secondary N) is 2. The summed E-state index contributed by atoms with van der Waals surface area (Å²) in [6, 6.07) is 6.32. The number of nitrogen functional groups attached to an aromatic ring is 1. The first-order valence-electron chi connectivity index (χ1n) is 6.41. The van der Waals surface area contributed by atoms with Crippen molar-refractivity contribution in [3.8, 4) is 5.69 Å². The lowest BCUT2D eigenvalue weighted by atomic mass is 10.1. The van der Waals surface area contributed by atoms with Gasteiger partial charge in [-0.05, 0) is 12.1 Å². The molecule has 0 fully saturated rings. The van der Waals surface area contributed by atoms with Crippen LogP contribution >= 0.6 is 0 Å². The van der Waals surface area contributed by atoms with Crippen molar-refractivity contribution in [2.24, 2.45) is 0 Å². The molecule has 3 aromatic rings. The molecule has 0 saturated heterocycles. The molecule has 0 saturated carbocycles. The molecule has 22 heavy (non-hydrogen) atoms. The third-order valence-electron chi connectivity index (χ3n) is 3.62. The lowest BCUT2D eigenvalue weighted by Crippen LogP contribution is -2.24. The van der Waals surface area contributed by atoms with Crippen molar-refractivity contribution in [1.29, 1.82) is 0 Å². The second-order valence-electron chi connectivity index (χ2n) is 4.85. The van der Waals surface area contributed by atoms with Gasteiger partial charge in [-0.3, -0.25) is 24.3 Å². The smallest absolute Gasteiger partial charge is 0.262 e. The minimum atomic E-state index is -0.617. The first kappa shape index (κ1) is 12.3. The van der Waals surface area contributed by atoms with Gasteiger partial charge >= 0.3 is 0 Å². The van der Waals surface area contributed by atoms with Crippen LogP contribution in [-0.4, -0.2) is 26.3 Å². The highest BCUT2D eigenvalue weighted by Crippen LogP contribution is 2.25. The van der Waals surface area contributed by atoms with Crippen LogP contribution < -0.4 is 16.6 Å². The Bertz CT molecular complexity index is 1030. The van der Waals surface area contributed by atoms with Crippen molar-refractivity contribution < 1.29 is 9.59 Å². The van der Waals surface area contributed by atoms with Gasteiger partial charge in [-0.2, -0.15) is 0 Å². The number of amides is 2. The van der Waals surface area contributed by atoms with Crippen molar-refractivity contribution in [3.05, 3.63) is 52.1 Å². The molecule has 3 heterocycles. The van der Waals surface area contributed by atoms with Crippen LogP contribution in [0.5, 0.6) is 0 Å². The molecule has 0 unspecified atom stereocenters. The van der Waals surface area contributed by atoms with Gasteiger partial charge in [0.05, 0.1) is 28.7 Å². The average molecular weight is 295 g/mol. The predicted octanol–water partition coefficient (Wildman–Crippen LogP) is 0.180. The summed E-state index contributed by atoms with van der Waals surface area (Å²) in [6.07, 6.45) is 1.50. The van der Waals surface area contributed by atoms with Gasteiger partial charge in [0.25, 0.3) is 17.4 Å². The van der Waals surface area contributed by atoms with Crippen LogP contribution in [0.25, 0.3) is 16.7 Å². The molecular formula is C14H9N5O3. The van der Waals surface area contributed by atoms with E-state index in [1.54, 1.807) is 18.2 Å². The Morgan fingerprint density at radius 2 is 1.95 bits per heavy atom. The lowest BCUT2D eigenvalue weighted by Gasteiger charge is -2.12. The monoisotopic (exact) mass is 295 g/mol. The van der Waals surface area contributed by atoms with Gasteiger partial charge in [0, 0.05) is 6.07 Å². The minimum Gasteiger partial charge on any atom is -0.384 e. The molecule has 1 aliphatic rings. The number of pyridine rings is 1. The molecule has 0 radical (unpaired) electrons. The lowest BCUT2D eigenvalue weighted by molar-refractivity contribution is 0.0880. The third kappa shape index (κ3) is 1.46. The maximum Gasteiger partial charge on any atom is 0.262 e. The number of aromatic amines is 1. The molecule has 0 spiro atoms. The van der Waals surface area contributed by atoms with E-state index in [2.05, 4.69) is 15.3 Å². The van der Waals surface area contributed by atoms with Gasteiger partial charge in [0.1, 0.15) is 11.3 Å². The first-order valence-corrected chi connectivity index (χ1v) is 6.41. The number of carbonyl (C=O) groups excluding carboxylic acids is 2. The molecule has 8 nitrogen and oxygen atoms in total. The third-order valence-corrected chi connectivity index (χ3v) is 3.62. The van der Waals surface area contributed by atoms with E-state index in [0.717, 1.165) is 11.6 Å². The van der Waals surface area contributed by atoms with E-state index in [1.807, 2.05) is 0 Å². The standard InChI is InChI=1S/C14H9N5O3/c15-12-10-6(13(21)18-14(10)22)4-9(20)19(12)8-3-1-2-7-11(8)17-5-16-7/h1-5H,15H2,(H,16,17)(H,18,21,22). The summed E-state index contributed by atoms with van der Waals surface area (Å²) in [5.74, 6) is -1.31. The predicted molar refractivity (Wildman–Crippen MR) is 77.9 cm³/mol. The van der Waals surface area contributed by atoms with E-state index in [4.69, 9.17) is 5.73 Å². The molecule has 1 aliphatic heterocycles. The van der Waals surface area contributed by atoms with Gasteiger partial charge in [-0.1, -0.05) is 6.07 Å². The number of H-pyrrole nitrogens is 1. The van der Waals surface area contributed by atoms with Gasteiger partial charge < -0.3 is 10.7 Å². The number of imidazole rings is 1. The molecule has 0 bridgehead atoms. The molecule has 8 heteroatoms. The quantitative estimate of drug-likeness (QED) is 0.553. The summed E-state index contributed by atoms with van der Waals surface area (Å²) in [5.41, 5.74) is 7.21. The molecule has 108 valence electrons. The van der Waals surface area contributed by atoms with Crippen LogP contribution in [0.15, 0.2) is 35.4 Å². The molecular weight excluding hydrogens is 286 g/mol. The van der Waals surface area contributed by atoms with Gasteiger partial charge in [-0.15, -0.1) is 0 Å². The normalized spacial score (nSPS) is 13.5. The first-order chi connectivity index (χ1) is 10.6. The maximum absolute atomic E-state index is 12.4. The maximum atomic E-state index is 12.4. The highest BCUT2D eigenvalue weighted by atomic mass is 16.2. The van der Waals surface area contributed by atoms with Crippen LogP contribution in [0.3, 0.4) is 0 Å². The van der Waals surface area contributed by atoms with Crippen LogP contribution in [-0.2, 0) is 0 Å². The van der Waals surface area contributed by atoms with Crippen LogP contribution in [0.4, 0.5) is 5.82 Å². The highest BCUT2D eigenvalue weighted by Gasteiger charge is 2.32. The molecule has 0 aliphatic carbocycles. The van der Waals surface area contributed by atoms with Gasteiger partial charge in [-0.25, -0.2) is 4.98 Å². The second kappa shape index (κ2) is 4.04. The fourth-order valence-electron chi connectivity index (χ4n) is 2.66. The van der Waals surface area contributed by atoms with E-state index in [0.29, 0.717) is 11.2 Å². The second-order valence-corrected chi connectivity index (χ2v) is 4.85. The largest absolute Gasteiger partial charge is 0.384 e. The van der Waals surface area contributed by atoms with Crippen LogP contribution in [0, 0.1) is 0 Å². The number of aromatic nitrogens is 3. The molecule has 2 aromatic heterocycles. The molecule has 4 N–H and O–H groups in total. The average Bonchev–Trinajstić information content (AvgIpc) is 3.05. The Kier molecular flexibility index (Phi) is 2.27. The van der Waals surface area contributed by atoms with Crippen molar-refractivity contribution >= 4 is 28.7 Å². The zero-order valence-electron chi connectivity index (χ0n) is 11.1. The Balaban J connectivity index is 2.12. The van der Waals surface area contributed by atoms with E-state index >= 15 is 0 Å². The number of anilines is 1. The van der Waals surface area contributed by atoms with Crippen molar-refractivity contribution in [3.63, 3.8) is 0 Å². The number of benzene rings is 1. The summed E-state index contributed by atoms with van der Waals surface area (Å²) < 4.78 is 1.18. The fraction of sp³-hybridized carbons (Fsp3) is 0. The molecule has 1 aromatic carbocycles. The van der Waals surface area contributed by atoms with E-state index < -0.39 is 17.4 Å². The molecule has 4 rings (SSSR count). The summed E-state index contributed by atoms with van der Waals surface area (Å²) in [5, 5.41) is 2.13. The zero-order valence-corrected chi connectivity index (χ0v) is 11.1. The number of nitrogens with zero attached hydrogens (tertiary/aromatic N) is 2. The Morgan fingerprint density at radius 3 is 2.77 bits per heavy atom. The number of imide groups is 1.